The first-order valence-corrected chi connectivity index (χ1v) is 9.75. The predicted octanol–water partition coefficient (Wildman–Crippen LogP) is 2.87. The van der Waals surface area contributed by atoms with Crippen molar-refractivity contribution in [1.29, 1.82) is 0 Å². The van der Waals surface area contributed by atoms with E-state index in [1.165, 1.54) is 5.57 Å². The number of likely N-dealkylation sites (tertiary alicyclic amines) is 1. The van der Waals surface area contributed by atoms with E-state index in [4.69, 9.17) is 4.74 Å². The zero-order chi connectivity index (χ0) is 19.0. The van der Waals surface area contributed by atoms with Crippen LogP contribution in [0.2, 0.25) is 0 Å². The van der Waals surface area contributed by atoms with Gasteiger partial charge in [-0.2, -0.15) is 0 Å². The van der Waals surface area contributed by atoms with Crippen molar-refractivity contribution in [3.8, 4) is 0 Å². The fourth-order valence-corrected chi connectivity index (χ4v) is 4.27. The van der Waals surface area contributed by atoms with Crippen molar-refractivity contribution in [2.45, 2.75) is 38.7 Å². The number of carbonyl (C=O) groups excluding carboxylic acids is 2. The van der Waals surface area contributed by atoms with E-state index in [0.717, 1.165) is 37.1 Å². The fourth-order valence-electron chi connectivity index (χ4n) is 4.27. The lowest BCUT2D eigenvalue weighted by molar-refractivity contribution is -0.0522. The number of ether oxygens (including phenoxy) is 1. The lowest BCUT2D eigenvalue weighted by Gasteiger charge is -2.42. The van der Waals surface area contributed by atoms with E-state index in [0.29, 0.717) is 31.7 Å². The monoisotopic (exact) mass is 369 g/mol. The molecule has 1 spiro atoms. The van der Waals surface area contributed by atoms with Gasteiger partial charge in [0.15, 0.2) is 0 Å². The summed E-state index contributed by atoms with van der Waals surface area (Å²) in [7, 11) is 0. The second-order valence-electron chi connectivity index (χ2n) is 7.83. The summed E-state index contributed by atoms with van der Waals surface area (Å²) < 4.78 is 6.06. The zero-order valence-corrected chi connectivity index (χ0v) is 16.1. The van der Waals surface area contributed by atoms with Crippen LogP contribution in [-0.4, -0.2) is 55.2 Å². The van der Waals surface area contributed by atoms with Crippen LogP contribution in [0.15, 0.2) is 29.8 Å². The number of urea groups is 1. The van der Waals surface area contributed by atoms with Gasteiger partial charge < -0.3 is 15.0 Å². The average molecular weight is 369 g/mol. The Morgan fingerprint density at radius 1 is 1.19 bits per heavy atom. The molecule has 2 fully saturated rings. The highest BCUT2D eigenvalue weighted by Crippen LogP contribution is 2.33. The first kappa shape index (κ1) is 18.0. The number of benzene rings is 1. The SMILES string of the molecule is CC1=CC2(CCN(C(=O)c3ccc(C)c(N4CCNC4=O)c3)CC2)OCC1. The van der Waals surface area contributed by atoms with Gasteiger partial charge in [0, 0.05) is 37.4 Å². The zero-order valence-electron chi connectivity index (χ0n) is 16.1. The predicted molar refractivity (Wildman–Crippen MR) is 104 cm³/mol. The van der Waals surface area contributed by atoms with Crippen molar-refractivity contribution in [2.24, 2.45) is 0 Å². The largest absolute Gasteiger partial charge is 0.370 e. The maximum absolute atomic E-state index is 13.0. The molecule has 3 aliphatic heterocycles. The fraction of sp³-hybridized carbons (Fsp3) is 0.524. The highest BCUT2D eigenvalue weighted by molar-refractivity contribution is 5.99. The molecule has 1 aromatic rings. The van der Waals surface area contributed by atoms with Gasteiger partial charge in [0.1, 0.15) is 0 Å². The Morgan fingerprint density at radius 3 is 2.63 bits per heavy atom. The maximum Gasteiger partial charge on any atom is 0.322 e. The number of anilines is 1. The Balaban J connectivity index is 1.49. The van der Waals surface area contributed by atoms with E-state index in [9.17, 15) is 9.59 Å². The van der Waals surface area contributed by atoms with E-state index in [1.807, 2.05) is 30.0 Å². The molecule has 3 amide bonds. The van der Waals surface area contributed by atoms with Gasteiger partial charge >= 0.3 is 6.03 Å². The summed E-state index contributed by atoms with van der Waals surface area (Å²) in [6, 6.07) is 5.55. The van der Waals surface area contributed by atoms with Crippen molar-refractivity contribution in [2.75, 3.05) is 37.7 Å². The molecule has 1 aromatic carbocycles. The first-order valence-electron chi connectivity index (χ1n) is 9.75. The van der Waals surface area contributed by atoms with Crippen molar-refractivity contribution >= 4 is 17.6 Å². The van der Waals surface area contributed by atoms with Gasteiger partial charge in [0.05, 0.1) is 12.2 Å². The van der Waals surface area contributed by atoms with Crippen LogP contribution in [0, 0.1) is 6.92 Å². The minimum atomic E-state index is -0.189. The Kier molecular flexibility index (Phi) is 4.68. The van der Waals surface area contributed by atoms with Gasteiger partial charge in [0.25, 0.3) is 5.91 Å². The van der Waals surface area contributed by atoms with Gasteiger partial charge in [0.2, 0.25) is 0 Å². The maximum atomic E-state index is 13.0. The molecule has 0 atom stereocenters. The van der Waals surface area contributed by atoms with Crippen LogP contribution >= 0.6 is 0 Å². The van der Waals surface area contributed by atoms with Crippen molar-refractivity contribution in [3.63, 3.8) is 0 Å². The Hall–Kier alpha value is -2.34. The average Bonchev–Trinajstić information content (AvgIpc) is 3.08. The third kappa shape index (κ3) is 3.46. The van der Waals surface area contributed by atoms with Gasteiger partial charge in [-0.05, 0) is 50.8 Å². The molecule has 0 unspecified atom stereocenters. The van der Waals surface area contributed by atoms with Gasteiger partial charge in [-0.3, -0.25) is 9.69 Å². The lowest BCUT2D eigenvalue weighted by Crippen LogP contribution is -2.48. The normalized spacial score (nSPS) is 22.0. The van der Waals surface area contributed by atoms with Gasteiger partial charge in [-0.25, -0.2) is 4.79 Å². The molecular formula is C21H27N3O3. The van der Waals surface area contributed by atoms with Crippen LogP contribution in [0.1, 0.15) is 42.1 Å². The van der Waals surface area contributed by atoms with Crippen LogP contribution < -0.4 is 10.2 Å². The molecular weight excluding hydrogens is 342 g/mol. The van der Waals surface area contributed by atoms with Crippen molar-refractivity contribution in [3.05, 3.63) is 41.0 Å². The quantitative estimate of drug-likeness (QED) is 0.816. The number of hydrogen-bond donors (Lipinski definition) is 1. The molecule has 4 rings (SSSR count). The van der Waals surface area contributed by atoms with Crippen LogP contribution in [0.5, 0.6) is 0 Å². The molecule has 3 heterocycles. The summed E-state index contributed by atoms with van der Waals surface area (Å²) in [5.41, 5.74) is 3.65. The van der Waals surface area contributed by atoms with Crippen LogP contribution in [0.4, 0.5) is 10.5 Å². The van der Waals surface area contributed by atoms with Gasteiger partial charge in [-0.1, -0.05) is 17.7 Å². The Bertz CT molecular complexity index is 794. The van der Waals surface area contributed by atoms with Crippen LogP contribution in [-0.2, 0) is 4.74 Å². The minimum Gasteiger partial charge on any atom is -0.370 e. The second kappa shape index (κ2) is 7.00. The smallest absolute Gasteiger partial charge is 0.322 e. The van der Waals surface area contributed by atoms with Gasteiger partial charge in [-0.15, -0.1) is 0 Å². The molecule has 2 saturated heterocycles. The van der Waals surface area contributed by atoms with E-state index in [1.54, 1.807) is 4.90 Å². The number of piperidine rings is 1. The number of aryl methyl sites for hydroxylation is 1. The lowest BCUT2D eigenvalue weighted by atomic mass is 9.87. The molecule has 0 radical (unpaired) electrons. The molecule has 6 nitrogen and oxygen atoms in total. The molecule has 1 N–H and O–H groups in total. The third-order valence-corrected chi connectivity index (χ3v) is 5.90. The van der Waals surface area contributed by atoms with Crippen molar-refractivity contribution in [1.82, 2.24) is 10.2 Å². The molecule has 0 aromatic heterocycles. The van der Waals surface area contributed by atoms with Crippen molar-refractivity contribution < 1.29 is 14.3 Å². The Morgan fingerprint density at radius 2 is 1.96 bits per heavy atom. The number of amides is 3. The minimum absolute atomic E-state index is 0.0298. The third-order valence-electron chi connectivity index (χ3n) is 5.90. The standard InChI is InChI=1S/C21H27N3O3/c1-15-5-12-27-21(14-15)6-9-23(10-7-21)19(25)17-4-3-16(2)18(13-17)24-11-8-22-20(24)26/h3-4,13-14H,5-12H2,1-2H3,(H,22,26). The summed E-state index contributed by atoms with van der Waals surface area (Å²) in [5, 5.41) is 2.82. The summed E-state index contributed by atoms with van der Waals surface area (Å²) in [6.45, 7) is 7.55. The summed E-state index contributed by atoms with van der Waals surface area (Å²) in [4.78, 5) is 28.7. The molecule has 0 saturated carbocycles. The van der Waals surface area contributed by atoms with E-state index >= 15 is 0 Å². The number of nitrogens with one attached hydrogen (secondary N) is 1. The molecule has 3 aliphatic rings. The summed E-state index contributed by atoms with van der Waals surface area (Å²) >= 11 is 0. The van der Waals surface area contributed by atoms with E-state index < -0.39 is 0 Å². The summed E-state index contributed by atoms with van der Waals surface area (Å²) in [6.07, 6.45) is 4.93. The van der Waals surface area contributed by atoms with E-state index in [-0.39, 0.29) is 17.5 Å². The highest BCUT2D eigenvalue weighted by Gasteiger charge is 2.37. The van der Waals surface area contributed by atoms with E-state index in [2.05, 4.69) is 18.3 Å². The molecule has 6 heteroatoms. The Labute approximate surface area is 160 Å². The van der Waals surface area contributed by atoms with Crippen LogP contribution in [0.25, 0.3) is 0 Å². The molecule has 144 valence electrons. The number of rotatable bonds is 2. The summed E-state index contributed by atoms with van der Waals surface area (Å²) in [5.74, 6) is 0.0298. The number of carbonyl (C=O) groups is 2. The van der Waals surface area contributed by atoms with Crippen LogP contribution in [0.3, 0.4) is 0 Å². The second-order valence-corrected chi connectivity index (χ2v) is 7.83. The first-order chi connectivity index (χ1) is 13.0. The molecule has 0 aliphatic carbocycles. The molecule has 0 bridgehead atoms. The highest BCUT2D eigenvalue weighted by atomic mass is 16.5. The topological polar surface area (TPSA) is 61.9 Å². The number of nitrogens with zero attached hydrogens (tertiary/aromatic N) is 2. The number of hydrogen-bond acceptors (Lipinski definition) is 3. The molecule has 27 heavy (non-hydrogen) atoms.